The smallest absolute Gasteiger partial charge is 0.330 e. The van der Waals surface area contributed by atoms with Crippen LogP contribution >= 0.6 is 12.4 Å². The fourth-order valence-corrected chi connectivity index (χ4v) is 3.14. The lowest BCUT2D eigenvalue weighted by Crippen LogP contribution is -2.37. The lowest BCUT2D eigenvalue weighted by molar-refractivity contribution is -0.119. The summed E-state index contributed by atoms with van der Waals surface area (Å²) in [6, 6.07) is 9.55. The highest BCUT2D eigenvalue weighted by molar-refractivity contribution is 5.94. The fraction of sp³-hybridized carbons (Fsp3) is 0.421. The van der Waals surface area contributed by atoms with E-state index in [1.54, 1.807) is 0 Å². The van der Waals surface area contributed by atoms with E-state index in [2.05, 4.69) is 20.9 Å². The fourth-order valence-electron chi connectivity index (χ4n) is 3.14. The highest BCUT2D eigenvalue weighted by atomic mass is 35.5. The standard InChI is InChI=1S/C19H25N5O4.ClH/c1-28-10-9-24-16(22-17(25)14-7-8-20-12-14)15(18(26)23-19(24)27)21-11-13-5-3-2-4-6-13;/h2-6,14,20-21H,7-12H2,1H3,(H,22,25)(H,23,26,27);1H. The van der Waals surface area contributed by atoms with Crippen molar-refractivity contribution in [2.24, 2.45) is 5.92 Å². The number of nitrogens with zero attached hydrogens (tertiary/aromatic N) is 1. The quantitative estimate of drug-likeness (QED) is 0.498. The molecule has 1 saturated heterocycles. The molecule has 0 saturated carbocycles. The van der Waals surface area contributed by atoms with Crippen LogP contribution in [-0.4, -0.2) is 42.3 Å². The van der Waals surface area contributed by atoms with Gasteiger partial charge in [0.05, 0.1) is 19.1 Å². The molecule has 1 fully saturated rings. The van der Waals surface area contributed by atoms with Gasteiger partial charge in [0, 0.05) is 20.2 Å². The second-order valence-electron chi connectivity index (χ2n) is 6.65. The minimum absolute atomic E-state index is 0. The highest BCUT2D eigenvalue weighted by Crippen LogP contribution is 2.19. The summed E-state index contributed by atoms with van der Waals surface area (Å²) in [5.41, 5.74) is -0.0470. The van der Waals surface area contributed by atoms with Crippen molar-refractivity contribution in [2.75, 3.05) is 37.4 Å². The van der Waals surface area contributed by atoms with Gasteiger partial charge >= 0.3 is 5.69 Å². The second-order valence-corrected chi connectivity index (χ2v) is 6.65. The molecule has 1 unspecified atom stereocenters. The number of hydrogen-bond acceptors (Lipinski definition) is 6. The van der Waals surface area contributed by atoms with Crippen molar-refractivity contribution in [3.8, 4) is 0 Å². The van der Waals surface area contributed by atoms with Crippen LogP contribution in [0.15, 0.2) is 39.9 Å². The number of rotatable bonds is 8. The van der Waals surface area contributed by atoms with Crippen molar-refractivity contribution in [1.29, 1.82) is 0 Å². The molecule has 29 heavy (non-hydrogen) atoms. The molecule has 1 aliphatic heterocycles. The maximum absolute atomic E-state index is 12.7. The highest BCUT2D eigenvalue weighted by Gasteiger charge is 2.25. The molecule has 1 aliphatic rings. The molecule has 1 amide bonds. The Morgan fingerprint density at radius 3 is 2.69 bits per heavy atom. The van der Waals surface area contributed by atoms with Crippen molar-refractivity contribution in [1.82, 2.24) is 14.9 Å². The number of nitrogens with one attached hydrogen (secondary N) is 4. The van der Waals surface area contributed by atoms with Crippen LogP contribution in [0.2, 0.25) is 0 Å². The summed E-state index contributed by atoms with van der Waals surface area (Å²) in [6.45, 7) is 2.18. The van der Waals surface area contributed by atoms with E-state index in [1.807, 2.05) is 30.3 Å². The summed E-state index contributed by atoms with van der Waals surface area (Å²) < 4.78 is 6.38. The van der Waals surface area contributed by atoms with Gasteiger partial charge < -0.3 is 20.7 Å². The molecule has 2 heterocycles. The van der Waals surface area contributed by atoms with Gasteiger partial charge in [-0.15, -0.1) is 12.4 Å². The van der Waals surface area contributed by atoms with Gasteiger partial charge in [0.1, 0.15) is 11.5 Å². The minimum atomic E-state index is -0.591. The lowest BCUT2D eigenvalue weighted by Gasteiger charge is -2.19. The Morgan fingerprint density at radius 2 is 2.03 bits per heavy atom. The number of benzene rings is 1. The van der Waals surface area contributed by atoms with E-state index < -0.39 is 11.2 Å². The van der Waals surface area contributed by atoms with E-state index in [9.17, 15) is 14.4 Å². The number of H-pyrrole nitrogens is 1. The van der Waals surface area contributed by atoms with E-state index in [4.69, 9.17) is 4.74 Å². The zero-order valence-electron chi connectivity index (χ0n) is 16.2. The number of carbonyl (C=O) groups is 1. The molecule has 4 N–H and O–H groups in total. The molecule has 0 aliphatic carbocycles. The van der Waals surface area contributed by atoms with Crippen LogP contribution in [0.1, 0.15) is 12.0 Å². The number of aromatic nitrogens is 2. The molecule has 3 rings (SSSR count). The maximum atomic E-state index is 12.7. The summed E-state index contributed by atoms with van der Waals surface area (Å²) in [4.78, 5) is 39.8. The number of anilines is 2. The number of methoxy groups -OCH3 is 1. The molecule has 9 nitrogen and oxygen atoms in total. The summed E-state index contributed by atoms with van der Waals surface area (Å²) in [5.74, 6) is -0.255. The van der Waals surface area contributed by atoms with Crippen molar-refractivity contribution < 1.29 is 9.53 Å². The van der Waals surface area contributed by atoms with Gasteiger partial charge in [0.15, 0.2) is 0 Å². The molecule has 0 bridgehead atoms. The number of halogens is 1. The minimum Gasteiger partial charge on any atom is -0.383 e. The largest absolute Gasteiger partial charge is 0.383 e. The number of aromatic amines is 1. The Bertz CT molecular complexity index is 922. The van der Waals surface area contributed by atoms with Gasteiger partial charge in [-0.3, -0.25) is 19.1 Å². The lowest BCUT2D eigenvalue weighted by atomic mass is 10.1. The normalized spacial score (nSPS) is 15.6. The number of ether oxygens (including phenoxy) is 1. The first kappa shape index (κ1) is 22.7. The first-order valence-electron chi connectivity index (χ1n) is 9.25. The van der Waals surface area contributed by atoms with Gasteiger partial charge in [-0.05, 0) is 18.5 Å². The first-order valence-corrected chi connectivity index (χ1v) is 9.25. The summed E-state index contributed by atoms with van der Waals surface area (Å²) in [7, 11) is 1.52. The van der Waals surface area contributed by atoms with Gasteiger partial charge in [0.2, 0.25) is 5.91 Å². The molecule has 0 spiro atoms. The zero-order valence-corrected chi connectivity index (χ0v) is 17.0. The van der Waals surface area contributed by atoms with Crippen LogP contribution in [0.4, 0.5) is 11.5 Å². The first-order chi connectivity index (χ1) is 13.6. The Hall–Kier alpha value is -2.62. The van der Waals surface area contributed by atoms with E-state index in [0.29, 0.717) is 19.5 Å². The Morgan fingerprint density at radius 1 is 1.28 bits per heavy atom. The Kier molecular flexibility index (Phi) is 8.44. The van der Waals surface area contributed by atoms with Gasteiger partial charge in [-0.1, -0.05) is 30.3 Å². The van der Waals surface area contributed by atoms with Gasteiger partial charge in [-0.2, -0.15) is 0 Å². The van der Waals surface area contributed by atoms with Gasteiger partial charge in [0.25, 0.3) is 5.56 Å². The third-order valence-electron chi connectivity index (χ3n) is 4.70. The Balaban J connectivity index is 0.00000300. The molecule has 1 aromatic carbocycles. The van der Waals surface area contributed by atoms with Crippen molar-refractivity contribution in [3.05, 3.63) is 56.7 Å². The summed E-state index contributed by atoms with van der Waals surface area (Å²) >= 11 is 0. The van der Waals surface area contributed by atoms with Crippen LogP contribution in [0.25, 0.3) is 0 Å². The van der Waals surface area contributed by atoms with Crippen molar-refractivity contribution >= 4 is 29.8 Å². The topological polar surface area (TPSA) is 117 Å². The number of carbonyl (C=O) groups excluding carboxylic acids is 1. The maximum Gasteiger partial charge on any atom is 0.330 e. The van der Waals surface area contributed by atoms with E-state index in [1.165, 1.54) is 11.7 Å². The Labute approximate surface area is 174 Å². The monoisotopic (exact) mass is 423 g/mol. The zero-order chi connectivity index (χ0) is 19.9. The van der Waals surface area contributed by atoms with Crippen molar-refractivity contribution in [2.45, 2.75) is 19.5 Å². The molecule has 0 radical (unpaired) electrons. The second kappa shape index (κ2) is 10.8. The molecule has 10 heteroatoms. The molecule has 158 valence electrons. The van der Waals surface area contributed by atoms with E-state index in [-0.39, 0.29) is 48.9 Å². The molecule has 2 aromatic rings. The molecule has 1 aromatic heterocycles. The summed E-state index contributed by atoms with van der Waals surface area (Å²) in [5, 5.41) is 9.00. The predicted molar refractivity (Wildman–Crippen MR) is 114 cm³/mol. The predicted octanol–water partition coefficient (Wildman–Crippen LogP) is 0.765. The number of amides is 1. The third-order valence-corrected chi connectivity index (χ3v) is 4.70. The molecule has 1 atom stereocenters. The number of hydrogen-bond donors (Lipinski definition) is 4. The van der Waals surface area contributed by atoms with Crippen LogP contribution in [0.3, 0.4) is 0 Å². The third kappa shape index (κ3) is 5.69. The van der Waals surface area contributed by atoms with E-state index in [0.717, 1.165) is 12.1 Å². The van der Waals surface area contributed by atoms with Crippen LogP contribution in [0.5, 0.6) is 0 Å². The summed E-state index contributed by atoms with van der Waals surface area (Å²) in [6.07, 6.45) is 0.712. The molecular formula is C19H26ClN5O4. The van der Waals surface area contributed by atoms with E-state index >= 15 is 0 Å². The molecular weight excluding hydrogens is 398 g/mol. The van der Waals surface area contributed by atoms with Crippen LogP contribution in [-0.2, 0) is 22.6 Å². The van der Waals surface area contributed by atoms with Crippen molar-refractivity contribution in [3.63, 3.8) is 0 Å². The average Bonchev–Trinajstić information content (AvgIpc) is 3.23. The SMILES string of the molecule is COCCn1c(NC(=O)C2CCNC2)c(NCc2ccccc2)c(=O)[nH]c1=O.Cl. The van der Waals surface area contributed by atoms with Gasteiger partial charge in [-0.25, -0.2) is 4.79 Å². The van der Waals surface area contributed by atoms with Crippen LogP contribution < -0.4 is 27.2 Å². The average molecular weight is 424 g/mol. The van der Waals surface area contributed by atoms with Crippen LogP contribution in [0, 0.1) is 5.92 Å².